The number of aliphatic carboxylic acids is 1. The molecule has 0 radical (unpaired) electrons. The second-order valence-corrected chi connectivity index (χ2v) is 4.70. The Bertz CT molecular complexity index is 479. The van der Waals surface area contributed by atoms with Gasteiger partial charge in [-0.3, -0.25) is 9.59 Å². The monoisotopic (exact) mass is 287 g/mol. The van der Waals surface area contributed by atoms with Gasteiger partial charge in [0.05, 0.1) is 11.5 Å². The lowest BCUT2D eigenvalue weighted by molar-refractivity contribution is -0.141. The SMILES string of the molecule is CC(CCCNC(=O)c1cc(Cl)ccc1F)C(=O)O. The number of hydrogen-bond acceptors (Lipinski definition) is 2. The largest absolute Gasteiger partial charge is 0.481 e. The molecule has 0 spiro atoms. The highest BCUT2D eigenvalue weighted by Crippen LogP contribution is 2.14. The molecule has 0 aliphatic heterocycles. The second kappa shape index (κ2) is 7.09. The minimum absolute atomic E-state index is 0.112. The Morgan fingerprint density at radius 2 is 2.16 bits per heavy atom. The average Bonchev–Trinajstić information content (AvgIpc) is 2.36. The maximum absolute atomic E-state index is 13.4. The van der Waals surface area contributed by atoms with Gasteiger partial charge in [-0.25, -0.2) is 4.39 Å². The topological polar surface area (TPSA) is 66.4 Å². The summed E-state index contributed by atoms with van der Waals surface area (Å²) in [6, 6.07) is 3.75. The molecule has 4 nitrogen and oxygen atoms in total. The molecular formula is C13H15ClFNO3. The van der Waals surface area contributed by atoms with E-state index in [9.17, 15) is 14.0 Å². The molecule has 0 bridgehead atoms. The van der Waals surface area contributed by atoms with Crippen molar-refractivity contribution in [3.63, 3.8) is 0 Å². The molecule has 19 heavy (non-hydrogen) atoms. The summed E-state index contributed by atoms with van der Waals surface area (Å²) >= 11 is 5.69. The molecule has 104 valence electrons. The maximum atomic E-state index is 13.4. The van der Waals surface area contributed by atoms with Crippen LogP contribution in [0.25, 0.3) is 0 Å². The molecule has 0 heterocycles. The number of carboxylic acid groups (broad SMARTS) is 1. The van der Waals surface area contributed by atoms with Gasteiger partial charge in [0.15, 0.2) is 0 Å². The maximum Gasteiger partial charge on any atom is 0.306 e. The fourth-order valence-corrected chi connectivity index (χ4v) is 1.67. The van der Waals surface area contributed by atoms with Crippen LogP contribution >= 0.6 is 11.6 Å². The first-order chi connectivity index (χ1) is 8.91. The highest BCUT2D eigenvalue weighted by atomic mass is 35.5. The van der Waals surface area contributed by atoms with Gasteiger partial charge in [0.1, 0.15) is 5.82 Å². The second-order valence-electron chi connectivity index (χ2n) is 4.26. The van der Waals surface area contributed by atoms with E-state index >= 15 is 0 Å². The van der Waals surface area contributed by atoms with Crippen LogP contribution in [0.5, 0.6) is 0 Å². The van der Waals surface area contributed by atoms with Gasteiger partial charge in [0, 0.05) is 11.6 Å². The summed E-state index contributed by atoms with van der Waals surface area (Å²) in [5.74, 6) is -2.52. The number of benzene rings is 1. The molecule has 0 fully saturated rings. The van der Waals surface area contributed by atoms with Crippen molar-refractivity contribution in [3.8, 4) is 0 Å². The van der Waals surface area contributed by atoms with E-state index in [1.807, 2.05) is 0 Å². The summed E-state index contributed by atoms with van der Waals surface area (Å²) in [5.41, 5.74) is -0.112. The van der Waals surface area contributed by atoms with Gasteiger partial charge in [0.25, 0.3) is 5.91 Å². The van der Waals surface area contributed by atoms with E-state index in [2.05, 4.69) is 5.32 Å². The molecular weight excluding hydrogens is 273 g/mol. The number of carbonyl (C=O) groups is 2. The van der Waals surface area contributed by atoms with Gasteiger partial charge >= 0.3 is 5.97 Å². The van der Waals surface area contributed by atoms with E-state index in [1.165, 1.54) is 12.1 Å². The number of rotatable bonds is 6. The summed E-state index contributed by atoms with van der Waals surface area (Å²) in [7, 11) is 0. The third-order valence-electron chi connectivity index (χ3n) is 2.69. The van der Waals surface area contributed by atoms with Crippen LogP contribution in [0.4, 0.5) is 4.39 Å². The fraction of sp³-hybridized carbons (Fsp3) is 0.385. The lowest BCUT2D eigenvalue weighted by Crippen LogP contribution is -2.26. The van der Waals surface area contributed by atoms with Crippen LogP contribution in [0.1, 0.15) is 30.1 Å². The summed E-state index contributed by atoms with van der Waals surface area (Å²) in [6.45, 7) is 1.89. The number of nitrogens with one attached hydrogen (secondary N) is 1. The fourth-order valence-electron chi connectivity index (χ4n) is 1.50. The summed E-state index contributed by atoms with van der Waals surface area (Å²) in [6.07, 6.45) is 0.967. The van der Waals surface area contributed by atoms with Crippen LogP contribution in [0, 0.1) is 11.7 Å². The molecule has 0 aromatic heterocycles. The minimum Gasteiger partial charge on any atom is -0.481 e. The van der Waals surface area contributed by atoms with Crippen LogP contribution in [0.2, 0.25) is 5.02 Å². The third kappa shape index (κ3) is 4.87. The van der Waals surface area contributed by atoms with Crippen molar-refractivity contribution >= 4 is 23.5 Å². The first-order valence-electron chi connectivity index (χ1n) is 5.88. The first-order valence-corrected chi connectivity index (χ1v) is 6.25. The molecule has 2 N–H and O–H groups in total. The zero-order valence-electron chi connectivity index (χ0n) is 10.5. The smallest absolute Gasteiger partial charge is 0.306 e. The number of hydrogen-bond donors (Lipinski definition) is 2. The molecule has 0 aliphatic carbocycles. The van der Waals surface area contributed by atoms with Crippen molar-refractivity contribution in [1.82, 2.24) is 5.32 Å². The van der Waals surface area contributed by atoms with E-state index in [0.717, 1.165) is 6.07 Å². The molecule has 1 rings (SSSR count). The Morgan fingerprint density at radius 3 is 2.79 bits per heavy atom. The van der Waals surface area contributed by atoms with Gasteiger partial charge in [0.2, 0.25) is 0 Å². The third-order valence-corrected chi connectivity index (χ3v) is 2.93. The molecule has 6 heteroatoms. The highest BCUT2D eigenvalue weighted by Gasteiger charge is 2.13. The van der Waals surface area contributed by atoms with Gasteiger partial charge in [-0.05, 0) is 31.0 Å². The molecule has 1 aromatic carbocycles. The molecule has 1 atom stereocenters. The van der Waals surface area contributed by atoms with Crippen molar-refractivity contribution in [1.29, 1.82) is 0 Å². The van der Waals surface area contributed by atoms with Gasteiger partial charge in [-0.1, -0.05) is 18.5 Å². The predicted molar refractivity (Wildman–Crippen MR) is 69.8 cm³/mol. The number of carboxylic acids is 1. The van der Waals surface area contributed by atoms with Crippen molar-refractivity contribution < 1.29 is 19.1 Å². The lowest BCUT2D eigenvalue weighted by atomic mass is 10.1. The molecule has 0 saturated carbocycles. The van der Waals surface area contributed by atoms with Crippen LogP contribution < -0.4 is 5.32 Å². The van der Waals surface area contributed by atoms with Gasteiger partial charge in [-0.15, -0.1) is 0 Å². The number of carbonyl (C=O) groups excluding carboxylic acids is 1. The summed E-state index contributed by atoms with van der Waals surface area (Å²) < 4.78 is 13.4. The molecule has 1 unspecified atom stereocenters. The molecule has 0 saturated heterocycles. The van der Waals surface area contributed by atoms with Crippen LogP contribution in [0.15, 0.2) is 18.2 Å². The average molecular weight is 288 g/mol. The Kier molecular flexibility index (Phi) is 5.76. The van der Waals surface area contributed by atoms with Gasteiger partial charge < -0.3 is 10.4 Å². The zero-order valence-corrected chi connectivity index (χ0v) is 11.2. The standard InChI is InChI=1S/C13H15ClFNO3/c1-8(13(18)19)3-2-6-16-12(17)10-7-9(14)4-5-11(10)15/h4-5,7-8H,2-3,6H2,1H3,(H,16,17)(H,18,19). The van der Waals surface area contributed by atoms with E-state index in [1.54, 1.807) is 6.92 Å². The summed E-state index contributed by atoms with van der Waals surface area (Å²) in [5, 5.41) is 11.5. The van der Waals surface area contributed by atoms with E-state index in [-0.39, 0.29) is 10.6 Å². The molecule has 0 aliphatic rings. The summed E-state index contributed by atoms with van der Waals surface area (Å²) in [4.78, 5) is 22.2. The minimum atomic E-state index is -0.868. The van der Waals surface area contributed by atoms with Crippen LogP contribution in [-0.4, -0.2) is 23.5 Å². The van der Waals surface area contributed by atoms with Crippen molar-refractivity contribution in [3.05, 3.63) is 34.6 Å². The van der Waals surface area contributed by atoms with Crippen molar-refractivity contribution in [2.45, 2.75) is 19.8 Å². The number of amides is 1. The highest BCUT2D eigenvalue weighted by molar-refractivity contribution is 6.30. The van der Waals surface area contributed by atoms with E-state index in [0.29, 0.717) is 19.4 Å². The number of halogens is 2. The lowest BCUT2D eigenvalue weighted by Gasteiger charge is -2.08. The van der Waals surface area contributed by atoms with Crippen molar-refractivity contribution in [2.75, 3.05) is 6.54 Å². The Hall–Kier alpha value is -1.62. The van der Waals surface area contributed by atoms with E-state index < -0.39 is 23.6 Å². The zero-order chi connectivity index (χ0) is 14.4. The molecule has 1 aromatic rings. The van der Waals surface area contributed by atoms with Crippen LogP contribution in [-0.2, 0) is 4.79 Å². The Labute approximate surface area is 115 Å². The Morgan fingerprint density at radius 1 is 1.47 bits per heavy atom. The van der Waals surface area contributed by atoms with Crippen LogP contribution in [0.3, 0.4) is 0 Å². The Balaban J connectivity index is 2.43. The van der Waals surface area contributed by atoms with Gasteiger partial charge in [-0.2, -0.15) is 0 Å². The van der Waals surface area contributed by atoms with E-state index in [4.69, 9.17) is 16.7 Å². The predicted octanol–water partition coefficient (Wildman–Crippen LogP) is 2.71. The molecule has 1 amide bonds. The first kappa shape index (κ1) is 15.4. The van der Waals surface area contributed by atoms with Crippen molar-refractivity contribution in [2.24, 2.45) is 5.92 Å². The normalized spacial score (nSPS) is 11.9. The quantitative estimate of drug-likeness (QED) is 0.791.